The van der Waals surface area contributed by atoms with Crippen LogP contribution in [-0.2, 0) is 10.2 Å². The predicted molar refractivity (Wildman–Crippen MR) is 73.2 cm³/mol. The van der Waals surface area contributed by atoms with Gasteiger partial charge in [0.25, 0.3) is 0 Å². The molecule has 0 aromatic heterocycles. The maximum absolute atomic E-state index is 13.9. The standard InChI is InChI=1S/C15H21FN2O/c1-15(2,12-5-3-4-6-13(12)16)14(19)18-9-7-11(17)8-10-18/h3-6,11H,7-10,17H2,1-2H3. The van der Waals surface area contributed by atoms with Gasteiger partial charge in [-0.15, -0.1) is 0 Å². The second-order valence-electron chi connectivity index (χ2n) is 5.73. The number of hydrogen-bond acceptors (Lipinski definition) is 2. The molecule has 1 aliphatic heterocycles. The van der Waals surface area contributed by atoms with Gasteiger partial charge in [-0.1, -0.05) is 18.2 Å². The zero-order chi connectivity index (χ0) is 14.0. The Bertz CT molecular complexity index is 465. The highest BCUT2D eigenvalue weighted by Gasteiger charge is 2.36. The van der Waals surface area contributed by atoms with Crippen molar-refractivity contribution in [1.82, 2.24) is 4.90 Å². The molecule has 1 heterocycles. The van der Waals surface area contributed by atoms with E-state index in [-0.39, 0.29) is 17.8 Å². The van der Waals surface area contributed by atoms with Crippen LogP contribution in [0.5, 0.6) is 0 Å². The first-order valence-electron chi connectivity index (χ1n) is 6.73. The molecule has 1 saturated heterocycles. The Morgan fingerprint density at radius 2 is 1.89 bits per heavy atom. The fourth-order valence-electron chi connectivity index (χ4n) is 2.58. The van der Waals surface area contributed by atoms with Gasteiger partial charge in [0.2, 0.25) is 5.91 Å². The van der Waals surface area contributed by atoms with Crippen LogP contribution >= 0.6 is 0 Å². The number of nitrogens with zero attached hydrogens (tertiary/aromatic N) is 1. The van der Waals surface area contributed by atoms with Crippen molar-refractivity contribution in [2.24, 2.45) is 5.73 Å². The lowest BCUT2D eigenvalue weighted by Gasteiger charge is -2.36. The molecule has 0 saturated carbocycles. The second kappa shape index (κ2) is 5.29. The van der Waals surface area contributed by atoms with Crippen LogP contribution in [0.4, 0.5) is 4.39 Å². The Morgan fingerprint density at radius 1 is 1.32 bits per heavy atom. The molecule has 1 amide bonds. The van der Waals surface area contributed by atoms with E-state index in [9.17, 15) is 9.18 Å². The minimum Gasteiger partial charge on any atom is -0.342 e. The van der Waals surface area contributed by atoms with E-state index in [4.69, 9.17) is 5.73 Å². The molecule has 1 aromatic carbocycles. The van der Waals surface area contributed by atoms with E-state index >= 15 is 0 Å². The number of likely N-dealkylation sites (tertiary alicyclic amines) is 1. The minimum absolute atomic E-state index is 0.0236. The average Bonchev–Trinajstić information content (AvgIpc) is 2.39. The van der Waals surface area contributed by atoms with Crippen LogP contribution in [0, 0.1) is 5.82 Å². The number of rotatable bonds is 2. The first-order chi connectivity index (χ1) is 8.93. The lowest BCUT2D eigenvalue weighted by Crippen LogP contribution is -2.49. The zero-order valence-electron chi connectivity index (χ0n) is 11.5. The number of halogens is 1. The predicted octanol–water partition coefficient (Wildman–Crippen LogP) is 2.05. The summed E-state index contributed by atoms with van der Waals surface area (Å²) in [5, 5.41) is 0. The third-order valence-electron chi connectivity index (χ3n) is 3.91. The topological polar surface area (TPSA) is 46.3 Å². The fourth-order valence-corrected chi connectivity index (χ4v) is 2.58. The molecule has 1 fully saturated rings. The molecule has 0 aliphatic carbocycles. The van der Waals surface area contributed by atoms with E-state index in [1.165, 1.54) is 6.07 Å². The number of carbonyl (C=O) groups excluding carboxylic acids is 1. The molecule has 1 aromatic rings. The van der Waals surface area contributed by atoms with E-state index in [0.717, 1.165) is 12.8 Å². The summed E-state index contributed by atoms with van der Waals surface area (Å²) in [5.74, 6) is -0.348. The lowest BCUT2D eigenvalue weighted by atomic mass is 9.82. The van der Waals surface area contributed by atoms with Crippen molar-refractivity contribution in [3.05, 3.63) is 35.6 Å². The van der Waals surface area contributed by atoms with Gasteiger partial charge < -0.3 is 10.6 Å². The van der Waals surface area contributed by atoms with Crippen LogP contribution in [-0.4, -0.2) is 29.9 Å². The number of hydrogen-bond donors (Lipinski definition) is 1. The van der Waals surface area contributed by atoms with E-state index in [0.29, 0.717) is 18.7 Å². The Kier molecular flexibility index (Phi) is 3.90. The van der Waals surface area contributed by atoms with Crippen molar-refractivity contribution in [1.29, 1.82) is 0 Å². The van der Waals surface area contributed by atoms with Crippen LogP contribution in [0.15, 0.2) is 24.3 Å². The van der Waals surface area contributed by atoms with E-state index in [1.54, 1.807) is 36.9 Å². The molecular weight excluding hydrogens is 243 g/mol. The van der Waals surface area contributed by atoms with Crippen molar-refractivity contribution in [2.45, 2.75) is 38.1 Å². The average molecular weight is 264 g/mol. The lowest BCUT2D eigenvalue weighted by molar-refractivity contribution is -0.137. The number of piperidine rings is 1. The van der Waals surface area contributed by atoms with Gasteiger partial charge >= 0.3 is 0 Å². The molecular formula is C15H21FN2O. The molecule has 4 heteroatoms. The van der Waals surface area contributed by atoms with Crippen molar-refractivity contribution >= 4 is 5.91 Å². The highest BCUT2D eigenvalue weighted by molar-refractivity contribution is 5.87. The summed E-state index contributed by atoms with van der Waals surface area (Å²) >= 11 is 0. The summed E-state index contributed by atoms with van der Waals surface area (Å²) < 4.78 is 13.9. The Labute approximate surface area is 113 Å². The second-order valence-corrected chi connectivity index (χ2v) is 5.73. The number of carbonyl (C=O) groups is 1. The van der Waals surface area contributed by atoms with Crippen LogP contribution < -0.4 is 5.73 Å². The van der Waals surface area contributed by atoms with E-state index in [2.05, 4.69) is 0 Å². The summed E-state index contributed by atoms with van der Waals surface area (Å²) in [6.45, 7) is 4.89. The van der Waals surface area contributed by atoms with Gasteiger partial charge in [-0.3, -0.25) is 4.79 Å². The molecule has 0 bridgehead atoms. The molecule has 2 N–H and O–H groups in total. The molecule has 3 nitrogen and oxygen atoms in total. The van der Waals surface area contributed by atoms with Gasteiger partial charge in [-0.05, 0) is 32.8 Å². The monoisotopic (exact) mass is 264 g/mol. The molecule has 0 radical (unpaired) electrons. The quantitative estimate of drug-likeness (QED) is 0.888. The van der Waals surface area contributed by atoms with Crippen LogP contribution in [0.25, 0.3) is 0 Å². The van der Waals surface area contributed by atoms with Crippen molar-refractivity contribution < 1.29 is 9.18 Å². The third-order valence-corrected chi connectivity index (χ3v) is 3.91. The SMILES string of the molecule is CC(C)(C(=O)N1CCC(N)CC1)c1ccccc1F. The maximum Gasteiger partial charge on any atom is 0.232 e. The highest BCUT2D eigenvalue weighted by Crippen LogP contribution is 2.29. The molecule has 0 atom stereocenters. The van der Waals surface area contributed by atoms with Crippen molar-refractivity contribution in [3.8, 4) is 0 Å². The minimum atomic E-state index is -0.840. The van der Waals surface area contributed by atoms with Gasteiger partial charge in [0.05, 0.1) is 5.41 Å². The number of nitrogens with two attached hydrogens (primary N) is 1. The molecule has 0 spiro atoms. The van der Waals surface area contributed by atoms with Crippen molar-refractivity contribution in [2.75, 3.05) is 13.1 Å². The van der Waals surface area contributed by atoms with Gasteiger partial charge in [-0.25, -0.2) is 4.39 Å². The Morgan fingerprint density at radius 3 is 2.47 bits per heavy atom. The Balaban J connectivity index is 2.20. The third kappa shape index (κ3) is 2.78. The molecule has 1 aliphatic rings. The van der Waals surface area contributed by atoms with E-state index in [1.807, 2.05) is 0 Å². The summed E-state index contributed by atoms with van der Waals surface area (Å²) in [4.78, 5) is 14.4. The summed E-state index contributed by atoms with van der Waals surface area (Å²) in [5.41, 5.74) is 5.46. The van der Waals surface area contributed by atoms with Crippen LogP contribution in [0.3, 0.4) is 0 Å². The summed E-state index contributed by atoms with van der Waals surface area (Å²) in [6.07, 6.45) is 1.64. The van der Waals surface area contributed by atoms with Gasteiger partial charge in [0, 0.05) is 24.7 Å². The maximum atomic E-state index is 13.9. The molecule has 104 valence electrons. The normalized spacial score (nSPS) is 17.6. The van der Waals surface area contributed by atoms with Crippen LogP contribution in [0.1, 0.15) is 32.3 Å². The number of amides is 1. The first-order valence-corrected chi connectivity index (χ1v) is 6.73. The van der Waals surface area contributed by atoms with Gasteiger partial charge in [-0.2, -0.15) is 0 Å². The summed E-state index contributed by atoms with van der Waals surface area (Å²) in [7, 11) is 0. The summed E-state index contributed by atoms with van der Waals surface area (Å²) in [6, 6.07) is 6.67. The van der Waals surface area contributed by atoms with Crippen molar-refractivity contribution in [3.63, 3.8) is 0 Å². The van der Waals surface area contributed by atoms with Gasteiger partial charge in [0.15, 0.2) is 0 Å². The van der Waals surface area contributed by atoms with Gasteiger partial charge in [0.1, 0.15) is 5.82 Å². The fraction of sp³-hybridized carbons (Fsp3) is 0.533. The number of benzene rings is 1. The highest BCUT2D eigenvalue weighted by atomic mass is 19.1. The van der Waals surface area contributed by atoms with Crippen LogP contribution in [0.2, 0.25) is 0 Å². The largest absolute Gasteiger partial charge is 0.342 e. The molecule has 0 unspecified atom stereocenters. The van der Waals surface area contributed by atoms with E-state index < -0.39 is 5.41 Å². The smallest absolute Gasteiger partial charge is 0.232 e. The molecule has 19 heavy (non-hydrogen) atoms. The Hall–Kier alpha value is -1.42. The molecule has 2 rings (SSSR count). The first kappa shape index (κ1) is 14.0. The zero-order valence-corrected chi connectivity index (χ0v) is 11.5.